The van der Waals surface area contributed by atoms with Crippen LogP contribution in [0.1, 0.15) is 30.4 Å². The summed E-state index contributed by atoms with van der Waals surface area (Å²) in [5.74, 6) is -0.925. The van der Waals surface area contributed by atoms with E-state index in [1.165, 1.54) is 13.0 Å². The predicted molar refractivity (Wildman–Crippen MR) is 52.5 cm³/mol. The molecule has 1 atom stereocenters. The van der Waals surface area contributed by atoms with Crippen molar-refractivity contribution in [2.75, 3.05) is 0 Å². The van der Waals surface area contributed by atoms with Gasteiger partial charge in [-0.15, -0.1) is 0 Å². The minimum atomic E-state index is -2.84. The van der Waals surface area contributed by atoms with Gasteiger partial charge in [-0.1, -0.05) is 19.1 Å². The van der Waals surface area contributed by atoms with Crippen molar-refractivity contribution in [1.29, 1.82) is 0 Å². The van der Waals surface area contributed by atoms with Gasteiger partial charge in [0.1, 0.15) is 6.29 Å². The van der Waals surface area contributed by atoms with Crippen molar-refractivity contribution in [2.24, 2.45) is 0 Å². The molecule has 0 amide bonds. The van der Waals surface area contributed by atoms with Crippen LogP contribution in [-0.4, -0.2) is 11.2 Å². The van der Waals surface area contributed by atoms with E-state index in [0.717, 1.165) is 12.1 Å². The van der Waals surface area contributed by atoms with Gasteiger partial charge in [0, 0.05) is 23.1 Å². The standard InChI is InChI=1S/C10H9F2NO3/c1-6(5-14)9-7(10(11)12)3-2-4-8(9)13(15)16/h2-6,10H,1H3. The number of benzene rings is 1. The number of rotatable bonds is 4. The van der Waals surface area contributed by atoms with Crippen molar-refractivity contribution in [1.82, 2.24) is 0 Å². The molecule has 0 aliphatic carbocycles. The molecule has 0 N–H and O–H groups in total. The third kappa shape index (κ3) is 2.21. The van der Waals surface area contributed by atoms with Gasteiger partial charge in [0.2, 0.25) is 0 Å². The fourth-order valence-corrected chi connectivity index (χ4v) is 1.48. The van der Waals surface area contributed by atoms with Gasteiger partial charge >= 0.3 is 0 Å². The van der Waals surface area contributed by atoms with Crippen molar-refractivity contribution in [3.63, 3.8) is 0 Å². The number of nitro groups is 1. The smallest absolute Gasteiger partial charge is 0.273 e. The molecule has 0 aromatic heterocycles. The van der Waals surface area contributed by atoms with E-state index in [1.807, 2.05) is 0 Å². The van der Waals surface area contributed by atoms with E-state index in [4.69, 9.17) is 0 Å². The third-order valence-corrected chi connectivity index (χ3v) is 2.21. The van der Waals surface area contributed by atoms with E-state index in [1.54, 1.807) is 0 Å². The molecule has 0 aliphatic heterocycles. The second-order valence-corrected chi connectivity index (χ2v) is 3.26. The van der Waals surface area contributed by atoms with Crippen LogP contribution in [-0.2, 0) is 4.79 Å². The average Bonchev–Trinajstić information content (AvgIpc) is 2.26. The molecule has 1 unspecified atom stereocenters. The summed E-state index contributed by atoms with van der Waals surface area (Å²) < 4.78 is 25.3. The van der Waals surface area contributed by atoms with Gasteiger partial charge in [0.05, 0.1) is 4.92 Å². The Balaban J connectivity index is 3.46. The SMILES string of the molecule is CC(C=O)c1c(C(F)F)cccc1[N+](=O)[O-]. The Morgan fingerprint density at radius 3 is 2.50 bits per heavy atom. The van der Waals surface area contributed by atoms with Crippen LogP contribution in [0.5, 0.6) is 0 Å². The normalized spacial score (nSPS) is 12.5. The van der Waals surface area contributed by atoms with Crippen LogP contribution in [0.2, 0.25) is 0 Å². The van der Waals surface area contributed by atoms with Crippen molar-refractivity contribution < 1.29 is 18.5 Å². The van der Waals surface area contributed by atoms with Gasteiger partial charge in [-0.3, -0.25) is 10.1 Å². The van der Waals surface area contributed by atoms with E-state index in [2.05, 4.69) is 0 Å². The molecule has 0 saturated carbocycles. The molecule has 0 bridgehead atoms. The summed E-state index contributed by atoms with van der Waals surface area (Å²) in [6.45, 7) is 1.35. The highest BCUT2D eigenvalue weighted by Gasteiger charge is 2.26. The van der Waals surface area contributed by atoms with Crippen LogP contribution in [0.25, 0.3) is 0 Å². The molecule has 0 spiro atoms. The van der Waals surface area contributed by atoms with Gasteiger partial charge < -0.3 is 4.79 Å². The van der Waals surface area contributed by atoms with Crippen LogP contribution >= 0.6 is 0 Å². The Morgan fingerprint density at radius 1 is 1.44 bits per heavy atom. The molecule has 0 fully saturated rings. The minimum absolute atomic E-state index is 0.211. The maximum Gasteiger partial charge on any atom is 0.273 e. The Bertz CT molecular complexity index is 421. The minimum Gasteiger partial charge on any atom is -0.303 e. The van der Waals surface area contributed by atoms with Crippen molar-refractivity contribution in [3.8, 4) is 0 Å². The predicted octanol–water partition coefficient (Wildman–Crippen LogP) is 2.83. The molecular formula is C10H9F2NO3. The van der Waals surface area contributed by atoms with Gasteiger partial charge in [0.15, 0.2) is 0 Å². The highest BCUT2D eigenvalue weighted by atomic mass is 19.3. The van der Waals surface area contributed by atoms with E-state index in [-0.39, 0.29) is 5.56 Å². The first kappa shape index (κ1) is 12.2. The zero-order valence-corrected chi connectivity index (χ0v) is 8.39. The molecule has 16 heavy (non-hydrogen) atoms. The molecule has 1 aromatic carbocycles. The summed E-state index contributed by atoms with van der Waals surface area (Å²) in [7, 11) is 0. The Labute approximate surface area is 90.0 Å². The zero-order valence-electron chi connectivity index (χ0n) is 8.39. The molecular weight excluding hydrogens is 220 g/mol. The lowest BCUT2D eigenvalue weighted by atomic mass is 9.95. The Morgan fingerprint density at radius 2 is 2.06 bits per heavy atom. The van der Waals surface area contributed by atoms with Crippen LogP contribution in [0.3, 0.4) is 0 Å². The summed E-state index contributed by atoms with van der Waals surface area (Å²) in [4.78, 5) is 20.5. The third-order valence-electron chi connectivity index (χ3n) is 2.21. The van der Waals surface area contributed by atoms with E-state index in [9.17, 15) is 23.7 Å². The molecule has 86 valence electrons. The topological polar surface area (TPSA) is 60.2 Å². The first-order valence-corrected chi connectivity index (χ1v) is 4.49. The maximum absolute atomic E-state index is 12.6. The largest absolute Gasteiger partial charge is 0.303 e. The van der Waals surface area contributed by atoms with Crippen LogP contribution < -0.4 is 0 Å². The monoisotopic (exact) mass is 229 g/mol. The van der Waals surface area contributed by atoms with Crippen LogP contribution in [0, 0.1) is 10.1 Å². The maximum atomic E-state index is 12.6. The van der Waals surface area contributed by atoms with E-state index >= 15 is 0 Å². The number of nitrogens with zero attached hydrogens (tertiary/aromatic N) is 1. The first-order valence-electron chi connectivity index (χ1n) is 4.49. The second kappa shape index (κ2) is 4.78. The summed E-state index contributed by atoms with van der Waals surface area (Å²) >= 11 is 0. The lowest BCUT2D eigenvalue weighted by Crippen LogP contribution is -2.05. The van der Waals surface area contributed by atoms with Gasteiger partial charge in [0.25, 0.3) is 12.1 Å². The number of carbonyl (C=O) groups is 1. The van der Waals surface area contributed by atoms with E-state index < -0.39 is 28.5 Å². The molecule has 4 nitrogen and oxygen atoms in total. The first-order chi connectivity index (χ1) is 7.49. The summed E-state index contributed by atoms with van der Waals surface area (Å²) in [5, 5.41) is 10.7. The van der Waals surface area contributed by atoms with Crippen molar-refractivity contribution in [2.45, 2.75) is 19.3 Å². The van der Waals surface area contributed by atoms with Crippen molar-refractivity contribution >= 4 is 12.0 Å². The summed E-state index contributed by atoms with van der Waals surface area (Å²) in [6, 6.07) is 3.38. The fourth-order valence-electron chi connectivity index (χ4n) is 1.48. The number of halogens is 2. The number of nitro benzene ring substituents is 1. The molecule has 0 radical (unpaired) electrons. The molecule has 1 aromatic rings. The van der Waals surface area contributed by atoms with Crippen LogP contribution in [0.15, 0.2) is 18.2 Å². The average molecular weight is 229 g/mol. The van der Waals surface area contributed by atoms with Gasteiger partial charge in [-0.2, -0.15) is 0 Å². The molecule has 0 heterocycles. The number of hydrogen-bond acceptors (Lipinski definition) is 3. The van der Waals surface area contributed by atoms with Gasteiger partial charge in [-0.05, 0) is 0 Å². The summed E-state index contributed by atoms with van der Waals surface area (Å²) in [5.41, 5.74) is -1.12. The molecule has 0 saturated heterocycles. The number of hydrogen-bond donors (Lipinski definition) is 0. The highest BCUT2D eigenvalue weighted by Crippen LogP contribution is 2.34. The van der Waals surface area contributed by atoms with Crippen molar-refractivity contribution in [3.05, 3.63) is 39.4 Å². The highest BCUT2D eigenvalue weighted by molar-refractivity contribution is 5.67. The summed E-state index contributed by atoms with van der Waals surface area (Å²) in [6.07, 6.45) is -2.42. The zero-order chi connectivity index (χ0) is 12.3. The number of carbonyl (C=O) groups excluding carboxylic acids is 1. The lowest BCUT2D eigenvalue weighted by Gasteiger charge is -2.11. The Hall–Kier alpha value is -1.85. The quantitative estimate of drug-likeness (QED) is 0.453. The molecule has 0 aliphatic rings. The van der Waals surface area contributed by atoms with Gasteiger partial charge in [-0.25, -0.2) is 8.78 Å². The van der Waals surface area contributed by atoms with E-state index in [0.29, 0.717) is 6.29 Å². The number of alkyl halides is 2. The molecule has 1 rings (SSSR count). The molecule has 6 heteroatoms. The number of aldehydes is 1. The second-order valence-electron chi connectivity index (χ2n) is 3.26. The lowest BCUT2D eigenvalue weighted by molar-refractivity contribution is -0.385. The Kier molecular flexibility index (Phi) is 3.65. The van der Waals surface area contributed by atoms with Crippen LogP contribution in [0.4, 0.5) is 14.5 Å². The fraction of sp³-hybridized carbons (Fsp3) is 0.300.